The van der Waals surface area contributed by atoms with Crippen molar-refractivity contribution in [1.82, 2.24) is 14.7 Å². The van der Waals surface area contributed by atoms with Gasteiger partial charge >= 0.3 is 5.97 Å². The number of nitrogens with zero attached hydrogens (tertiary/aromatic N) is 3. The fraction of sp³-hybridized carbons (Fsp3) is 0.615. The zero-order valence-corrected chi connectivity index (χ0v) is 12.4. The van der Waals surface area contributed by atoms with Gasteiger partial charge in [0.25, 0.3) is 5.91 Å². The van der Waals surface area contributed by atoms with Crippen LogP contribution < -0.4 is 0 Å². The number of amides is 1. The van der Waals surface area contributed by atoms with E-state index in [1.165, 1.54) is 13.3 Å². The number of methoxy groups -OCH3 is 2. The third kappa shape index (κ3) is 4.06. The van der Waals surface area contributed by atoms with Crippen LogP contribution in [0.1, 0.15) is 22.5 Å². The van der Waals surface area contributed by atoms with Gasteiger partial charge in [-0.1, -0.05) is 0 Å². The van der Waals surface area contributed by atoms with Crippen molar-refractivity contribution in [3.05, 3.63) is 17.5 Å². The molecule has 1 rings (SSSR count). The Bertz CT molecular complexity index is 470. The molecule has 0 aliphatic rings. The van der Waals surface area contributed by atoms with Gasteiger partial charge in [0.05, 0.1) is 31.9 Å². The van der Waals surface area contributed by atoms with Crippen molar-refractivity contribution in [2.24, 2.45) is 7.05 Å². The zero-order chi connectivity index (χ0) is 15.1. The van der Waals surface area contributed by atoms with Crippen LogP contribution in [0.3, 0.4) is 0 Å². The second kappa shape index (κ2) is 7.64. The van der Waals surface area contributed by atoms with Crippen molar-refractivity contribution in [3.8, 4) is 0 Å². The van der Waals surface area contributed by atoms with Gasteiger partial charge in [-0.3, -0.25) is 14.3 Å². The van der Waals surface area contributed by atoms with Crippen LogP contribution in [0.5, 0.6) is 0 Å². The van der Waals surface area contributed by atoms with E-state index in [1.807, 2.05) is 6.92 Å². The third-order valence-electron chi connectivity index (χ3n) is 3.13. The molecule has 7 heteroatoms. The van der Waals surface area contributed by atoms with Crippen LogP contribution in [0.15, 0.2) is 6.20 Å². The summed E-state index contributed by atoms with van der Waals surface area (Å²) in [6.07, 6.45) is 1.70. The first kappa shape index (κ1) is 16.2. The van der Waals surface area contributed by atoms with E-state index in [4.69, 9.17) is 4.74 Å². The first-order valence-electron chi connectivity index (χ1n) is 6.34. The van der Waals surface area contributed by atoms with Gasteiger partial charge in [-0.2, -0.15) is 5.10 Å². The SMILES string of the molecule is COCCN(CCC(=O)OC)C(=O)c1cnn(C)c1C. The predicted molar refractivity (Wildman–Crippen MR) is 72.4 cm³/mol. The minimum Gasteiger partial charge on any atom is -0.469 e. The van der Waals surface area contributed by atoms with Crippen molar-refractivity contribution in [2.75, 3.05) is 33.9 Å². The molecule has 0 aliphatic carbocycles. The number of aryl methyl sites for hydroxylation is 1. The highest BCUT2D eigenvalue weighted by Gasteiger charge is 2.20. The summed E-state index contributed by atoms with van der Waals surface area (Å²) in [6, 6.07) is 0. The number of rotatable bonds is 7. The van der Waals surface area contributed by atoms with Gasteiger partial charge in [0.15, 0.2) is 0 Å². The Kier molecular flexibility index (Phi) is 6.17. The maximum Gasteiger partial charge on any atom is 0.307 e. The summed E-state index contributed by atoms with van der Waals surface area (Å²) in [6.45, 7) is 2.95. The number of aromatic nitrogens is 2. The van der Waals surface area contributed by atoms with Crippen molar-refractivity contribution in [2.45, 2.75) is 13.3 Å². The van der Waals surface area contributed by atoms with Crippen LogP contribution in [0.25, 0.3) is 0 Å². The normalized spacial score (nSPS) is 10.4. The molecule has 1 heterocycles. The molecule has 0 N–H and O–H groups in total. The molecule has 1 aromatic rings. The quantitative estimate of drug-likeness (QED) is 0.676. The summed E-state index contributed by atoms with van der Waals surface area (Å²) >= 11 is 0. The van der Waals surface area contributed by atoms with E-state index in [1.54, 1.807) is 23.7 Å². The highest BCUT2D eigenvalue weighted by molar-refractivity contribution is 5.95. The molecule has 1 aromatic heterocycles. The molecule has 0 aliphatic heterocycles. The minimum atomic E-state index is -0.344. The molecular weight excluding hydrogens is 262 g/mol. The first-order chi connectivity index (χ1) is 9.51. The van der Waals surface area contributed by atoms with Crippen LogP contribution in [-0.4, -0.2) is 60.5 Å². The highest BCUT2D eigenvalue weighted by atomic mass is 16.5. The number of hydrogen-bond donors (Lipinski definition) is 0. The third-order valence-corrected chi connectivity index (χ3v) is 3.13. The predicted octanol–water partition coefficient (Wildman–Crippen LogP) is 0.380. The Morgan fingerprint density at radius 1 is 1.35 bits per heavy atom. The van der Waals surface area contributed by atoms with E-state index in [2.05, 4.69) is 9.84 Å². The van der Waals surface area contributed by atoms with E-state index >= 15 is 0 Å². The topological polar surface area (TPSA) is 73.7 Å². The molecule has 0 saturated carbocycles. The van der Waals surface area contributed by atoms with Gasteiger partial charge in [0.1, 0.15) is 0 Å². The molecule has 0 bridgehead atoms. The van der Waals surface area contributed by atoms with Crippen molar-refractivity contribution < 1.29 is 19.1 Å². The lowest BCUT2D eigenvalue weighted by Gasteiger charge is -2.21. The molecule has 0 unspecified atom stereocenters. The Labute approximate surface area is 118 Å². The van der Waals surface area contributed by atoms with Crippen LogP contribution in [0.2, 0.25) is 0 Å². The molecule has 0 aromatic carbocycles. The lowest BCUT2D eigenvalue weighted by Crippen LogP contribution is -2.36. The second-order valence-corrected chi connectivity index (χ2v) is 4.38. The van der Waals surface area contributed by atoms with E-state index in [9.17, 15) is 9.59 Å². The maximum absolute atomic E-state index is 12.5. The molecule has 20 heavy (non-hydrogen) atoms. The Morgan fingerprint density at radius 2 is 2.05 bits per heavy atom. The minimum absolute atomic E-state index is 0.156. The number of esters is 1. The van der Waals surface area contributed by atoms with Gasteiger partial charge in [-0.05, 0) is 6.92 Å². The summed E-state index contributed by atoms with van der Waals surface area (Å²) in [5.74, 6) is -0.500. The molecule has 0 spiro atoms. The van der Waals surface area contributed by atoms with Crippen LogP contribution in [0, 0.1) is 6.92 Å². The van der Waals surface area contributed by atoms with E-state index in [0.29, 0.717) is 25.3 Å². The molecule has 1 amide bonds. The molecule has 0 radical (unpaired) electrons. The van der Waals surface area contributed by atoms with E-state index in [0.717, 1.165) is 5.69 Å². The zero-order valence-electron chi connectivity index (χ0n) is 12.4. The largest absolute Gasteiger partial charge is 0.469 e. The lowest BCUT2D eigenvalue weighted by atomic mass is 10.2. The van der Waals surface area contributed by atoms with Crippen molar-refractivity contribution >= 4 is 11.9 Å². The Hall–Kier alpha value is -1.89. The number of carbonyl (C=O) groups is 2. The Morgan fingerprint density at radius 3 is 2.55 bits per heavy atom. The summed E-state index contributed by atoms with van der Waals surface area (Å²) in [4.78, 5) is 25.2. The highest BCUT2D eigenvalue weighted by Crippen LogP contribution is 2.10. The van der Waals surface area contributed by atoms with Crippen LogP contribution in [-0.2, 0) is 21.3 Å². The van der Waals surface area contributed by atoms with Gasteiger partial charge in [-0.25, -0.2) is 0 Å². The summed E-state index contributed by atoms with van der Waals surface area (Å²) in [5, 5.41) is 4.06. The molecule has 0 saturated heterocycles. The average molecular weight is 283 g/mol. The number of ether oxygens (including phenoxy) is 2. The van der Waals surface area contributed by atoms with Crippen molar-refractivity contribution in [1.29, 1.82) is 0 Å². The van der Waals surface area contributed by atoms with Crippen molar-refractivity contribution in [3.63, 3.8) is 0 Å². The smallest absolute Gasteiger partial charge is 0.307 e. The monoisotopic (exact) mass is 283 g/mol. The summed E-state index contributed by atoms with van der Waals surface area (Å²) < 4.78 is 11.2. The van der Waals surface area contributed by atoms with Crippen LogP contribution in [0.4, 0.5) is 0 Å². The lowest BCUT2D eigenvalue weighted by molar-refractivity contribution is -0.140. The van der Waals surface area contributed by atoms with E-state index < -0.39 is 0 Å². The summed E-state index contributed by atoms with van der Waals surface area (Å²) in [5.41, 5.74) is 1.32. The Balaban J connectivity index is 2.78. The molecule has 0 fully saturated rings. The standard InChI is InChI=1S/C13H21N3O4/c1-10-11(9-14-15(10)2)13(18)16(7-8-19-3)6-5-12(17)20-4/h9H,5-8H2,1-4H3. The fourth-order valence-corrected chi connectivity index (χ4v) is 1.72. The fourth-order valence-electron chi connectivity index (χ4n) is 1.72. The molecule has 0 atom stereocenters. The maximum atomic E-state index is 12.5. The van der Waals surface area contributed by atoms with Gasteiger partial charge in [0, 0.05) is 32.9 Å². The molecular formula is C13H21N3O4. The summed E-state index contributed by atoms with van der Waals surface area (Å²) in [7, 11) is 4.67. The molecule has 112 valence electrons. The first-order valence-corrected chi connectivity index (χ1v) is 6.34. The second-order valence-electron chi connectivity index (χ2n) is 4.38. The van der Waals surface area contributed by atoms with Gasteiger partial charge < -0.3 is 14.4 Å². The van der Waals surface area contributed by atoms with Gasteiger partial charge in [0.2, 0.25) is 0 Å². The average Bonchev–Trinajstić information content (AvgIpc) is 2.78. The van der Waals surface area contributed by atoms with Gasteiger partial charge in [-0.15, -0.1) is 0 Å². The van der Waals surface area contributed by atoms with Crippen LogP contribution >= 0.6 is 0 Å². The number of hydrogen-bond acceptors (Lipinski definition) is 5. The number of carbonyl (C=O) groups excluding carboxylic acids is 2. The van der Waals surface area contributed by atoms with E-state index in [-0.39, 0.29) is 18.3 Å². The molecule has 7 nitrogen and oxygen atoms in total.